The summed E-state index contributed by atoms with van der Waals surface area (Å²) in [6.07, 6.45) is 5.11. The highest BCUT2D eigenvalue weighted by Crippen LogP contribution is 2.21. The molecule has 2 rings (SSSR count). The zero-order valence-electron chi connectivity index (χ0n) is 12.2. The van der Waals surface area contributed by atoms with Crippen molar-refractivity contribution in [1.29, 1.82) is 0 Å². The minimum absolute atomic E-state index is 0.0211. The van der Waals surface area contributed by atoms with Crippen LogP contribution in [0.3, 0.4) is 0 Å². The number of nitrogens with zero attached hydrogens (tertiary/aromatic N) is 3. The van der Waals surface area contributed by atoms with Gasteiger partial charge in [0, 0.05) is 19.4 Å². The Kier molecular flexibility index (Phi) is 5.25. The molecule has 1 aliphatic heterocycles. The summed E-state index contributed by atoms with van der Waals surface area (Å²) in [5, 5.41) is 0. The third-order valence-corrected chi connectivity index (χ3v) is 3.50. The first-order valence-corrected chi connectivity index (χ1v) is 7.20. The van der Waals surface area contributed by atoms with Crippen molar-refractivity contribution in [2.24, 2.45) is 0 Å². The molecule has 1 aromatic rings. The number of carbonyl (C=O) groups is 1. The van der Waals surface area contributed by atoms with E-state index in [0.29, 0.717) is 44.5 Å². The molecular weight excluding hydrogens is 273 g/mol. The number of allylic oxidation sites excluding steroid dienone is 1. The number of rotatable bonds is 6. The van der Waals surface area contributed by atoms with Crippen LogP contribution >= 0.6 is 0 Å². The van der Waals surface area contributed by atoms with Gasteiger partial charge in [0.15, 0.2) is 0 Å². The second-order valence-corrected chi connectivity index (χ2v) is 4.99. The van der Waals surface area contributed by atoms with Crippen molar-refractivity contribution in [2.75, 3.05) is 13.1 Å². The Morgan fingerprint density at radius 3 is 3.14 bits per heavy atom. The molecule has 0 N–H and O–H groups in total. The molecule has 0 aromatic carbocycles. The molecule has 0 unspecified atom stereocenters. The van der Waals surface area contributed by atoms with Gasteiger partial charge in [-0.15, -0.1) is 6.58 Å². The molecule has 1 aliphatic rings. The second kappa shape index (κ2) is 7.15. The molecule has 1 saturated heterocycles. The summed E-state index contributed by atoms with van der Waals surface area (Å²) in [4.78, 5) is 21.4. The van der Waals surface area contributed by atoms with Crippen molar-refractivity contribution in [1.82, 2.24) is 14.9 Å². The van der Waals surface area contributed by atoms with Gasteiger partial charge in [0.05, 0.1) is 12.2 Å². The Bertz CT molecular complexity index is 522. The highest BCUT2D eigenvalue weighted by Gasteiger charge is 2.28. The van der Waals surface area contributed by atoms with Crippen LogP contribution in [-0.4, -0.2) is 40.0 Å². The number of hydrogen-bond donors (Lipinski definition) is 0. The van der Waals surface area contributed by atoms with Crippen molar-refractivity contribution in [3.8, 4) is 5.88 Å². The van der Waals surface area contributed by atoms with E-state index in [1.165, 1.54) is 6.33 Å². The number of likely N-dealkylation sites (tertiary alicyclic amines) is 1. The van der Waals surface area contributed by atoms with E-state index in [-0.39, 0.29) is 17.9 Å². The Labute approximate surface area is 123 Å². The lowest BCUT2D eigenvalue weighted by Gasteiger charge is -2.17. The summed E-state index contributed by atoms with van der Waals surface area (Å²) < 4.78 is 19.6. The second-order valence-electron chi connectivity index (χ2n) is 4.99. The van der Waals surface area contributed by atoms with Crippen LogP contribution in [0.2, 0.25) is 0 Å². The molecule has 0 saturated carbocycles. The quantitative estimate of drug-likeness (QED) is 0.754. The van der Waals surface area contributed by atoms with Gasteiger partial charge >= 0.3 is 0 Å². The summed E-state index contributed by atoms with van der Waals surface area (Å²) >= 11 is 0. The molecule has 1 aromatic heterocycles. The van der Waals surface area contributed by atoms with E-state index in [9.17, 15) is 9.18 Å². The first kappa shape index (κ1) is 15.4. The van der Waals surface area contributed by atoms with E-state index in [4.69, 9.17) is 4.74 Å². The minimum Gasteiger partial charge on any atom is -0.470 e. The molecule has 5 nitrogen and oxygen atoms in total. The van der Waals surface area contributed by atoms with Gasteiger partial charge in [-0.05, 0) is 12.8 Å². The number of hydrogen-bond acceptors (Lipinski definition) is 4. The van der Waals surface area contributed by atoms with Crippen LogP contribution in [-0.2, 0) is 11.2 Å². The molecule has 6 heteroatoms. The average molecular weight is 293 g/mol. The highest BCUT2D eigenvalue weighted by molar-refractivity contribution is 5.76. The molecule has 0 spiro atoms. The molecular formula is C15H20FN3O2. The van der Waals surface area contributed by atoms with Gasteiger partial charge in [-0.2, -0.15) is 9.37 Å². The SMILES string of the molecule is C=CCCC(=O)N1CC[C@H](Oc2ncnc(CC)c2F)C1. The third kappa shape index (κ3) is 3.77. The van der Waals surface area contributed by atoms with Gasteiger partial charge in [0.25, 0.3) is 5.88 Å². The zero-order chi connectivity index (χ0) is 15.2. The van der Waals surface area contributed by atoms with Crippen molar-refractivity contribution in [3.05, 3.63) is 30.5 Å². The van der Waals surface area contributed by atoms with E-state index >= 15 is 0 Å². The molecule has 2 heterocycles. The summed E-state index contributed by atoms with van der Waals surface area (Å²) in [5.74, 6) is -0.443. The highest BCUT2D eigenvalue weighted by atomic mass is 19.1. The van der Waals surface area contributed by atoms with E-state index < -0.39 is 5.82 Å². The van der Waals surface area contributed by atoms with Crippen LogP contribution in [0, 0.1) is 5.82 Å². The molecule has 1 atom stereocenters. The largest absolute Gasteiger partial charge is 0.470 e. The molecule has 1 fully saturated rings. The van der Waals surface area contributed by atoms with Gasteiger partial charge < -0.3 is 9.64 Å². The predicted octanol–water partition coefficient (Wildman–Crippen LogP) is 2.12. The van der Waals surface area contributed by atoms with Gasteiger partial charge in [0.2, 0.25) is 11.7 Å². The molecule has 0 radical (unpaired) electrons. The number of aromatic nitrogens is 2. The van der Waals surface area contributed by atoms with E-state index in [1.54, 1.807) is 11.0 Å². The number of halogens is 1. The summed E-state index contributed by atoms with van der Waals surface area (Å²) in [5.41, 5.74) is 0.344. The maximum absolute atomic E-state index is 14.0. The summed E-state index contributed by atoms with van der Waals surface area (Å²) in [7, 11) is 0. The van der Waals surface area contributed by atoms with Crippen molar-refractivity contribution in [2.45, 2.75) is 38.7 Å². The standard InChI is InChI=1S/C15H20FN3O2/c1-3-5-6-13(20)19-8-7-11(9-19)21-15-14(16)12(4-2)17-10-18-15/h3,10-11H,1,4-9H2,2H3/t11-/m0/s1. The lowest BCUT2D eigenvalue weighted by molar-refractivity contribution is -0.130. The smallest absolute Gasteiger partial charge is 0.254 e. The normalized spacial score (nSPS) is 17.8. The maximum Gasteiger partial charge on any atom is 0.254 e. The number of carbonyl (C=O) groups excluding carboxylic acids is 1. The minimum atomic E-state index is -0.503. The zero-order valence-corrected chi connectivity index (χ0v) is 12.2. The Morgan fingerprint density at radius 1 is 1.62 bits per heavy atom. The summed E-state index contributed by atoms with van der Waals surface area (Å²) in [6, 6.07) is 0. The first-order valence-electron chi connectivity index (χ1n) is 7.20. The van der Waals surface area contributed by atoms with Gasteiger partial charge in [-0.1, -0.05) is 13.0 Å². The molecule has 21 heavy (non-hydrogen) atoms. The lowest BCUT2D eigenvalue weighted by Crippen LogP contribution is -2.30. The van der Waals surface area contributed by atoms with Gasteiger partial charge in [0.1, 0.15) is 12.4 Å². The Balaban J connectivity index is 1.94. The van der Waals surface area contributed by atoms with Gasteiger partial charge in [-0.3, -0.25) is 4.79 Å². The fourth-order valence-corrected chi connectivity index (χ4v) is 2.31. The fourth-order valence-electron chi connectivity index (χ4n) is 2.31. The molecule has 114 valence electrons. The average Bonchev–Trinajstić information content (AvgIpc) is 2.95. The van der Waals surface area contributed by atoms with E-state index in [1.807, 2.05) is 6.92 Å². The Morgan fingerprint density at radius 2 is 2.43 bits per heavy atom. The molecule has 0 aliphatic carbocycles. The third-order valence-electron chi connectivity index (χ3n) is 3.50. The Hall–Kier alpha value is -1.98. The van der Waals surface area contributed by atoms with Crippen LogP contribution in [0.15, 0.2) is 19.0 Å². The van der Waals surface area contributed by atoms with Crippen molar-refractivity contribution in [3.63, 3.8) is 0 Å². The topological polar surface area (TPSA) is 55.3 Å². The van der Waals surface area contributed by atoms with Crippen molar-refractivity contribution < 1.29 is 13.9 Å². The fraction of sp³-hybridized carbons (Fsp3) is 0.533. The van der Waals surface area contributed by atoms with Crippen LogP contribution in [0.5, 0.6) is 5.88 Å². The van der Waals surface area contributed by atoms with Gasteiger partial charge in [-0.25, -0.2) is 4.98 Å². The molecule has 1 amide bonds. The van der Waals surface area contributed by atoms with E-state index in [2.05, 4.69) is 16.5 Å². The van der Waals surface area contributed by atoms with Crippen LogP contribution in [0.25, 0.3) is 0 Å². The molecule has 0 bridgehead atoms. The summed E-state index contributed by atoms with van der Waals surface area (Å²) in [6.45, 7) is 6.53. The van der Waals surface area contributed by atoms with E-state index in [0.717, 1.165) is 0 Å². The number of amides is 1. The maximum atomic E-state index is 14.0. The van der Waals surface area contributed by atoms with Crippen molar-refractivity contribution >= 4 is 5.91 Å². The first-order chi connectivity index (χ1) is 10.2. The monoisotopic (exact) mass is 293 g/mol. The van der Waals surface area contributed by atoms with Crippen LogP contribution in [0.4, 0.5) is 4.39 Å². The number of ether oxygens (including phenoxy) is 1. The lowest BCUT2D eigenvalue weighted by atomic mass is 10.3. The van der Waals surface area contributed by atoms with Crippen LogP contribution < -0.4 is 4.74 Å². The predicted molar refractivity (Wildman–Crippen MR) is 76.4 cm³/mol. The number of aryl methyl sites for hydroxylation is 1. The van der Waals surface area contributed by atoms with Crippen LogP contribution in [0.1, 0.15) is 31.9 Å².